The maximum atomic E-state index is 11.6. The van der Waals surface area contributed by atoms with Crippen LogP contribution in [0.1, 0.15) is 44.7 Å². The van der Waals surface area contributed by atoms with Crippen molar-refractivity contribution in [3.8, 4) is 5.75 Å². The van der Waals surface area contributed by atoms with E-state index in [1.807, 2.05) is 19.1 Å². The van der Waals surface area contributed by atoms with E-state index in [2.05, 4.69) is 11.8 Å². The Morgan fingerprint density at radius 1 is 1.50 bits per heavy atom. The smallest absolute Gasteiger partial charge is 0.310 e. The van der Waals surface area contributed by atoms with Crippen LogP contribution in [-0.4, -0.2) is 34.2 Å². The van der Waals surface area contributed by atoms with Crippen LogP contribution in [0.4, 0.5) is 0 Å². The van der Waals surface area contributed by atoms with Gasteiger partial charge in [-0.1, -0.05) is 25.5 Å². The Morgan fingerprint density at radius 3 is 2.85 bits per heavy atom. The number of carbonyl (C=O) groups is 1. The number of hydrogen-bond acceptors (Lipinski definition) is 3. The molecule has 2 rings (SSSR count). The van der Waals surface area contributed by atoms with Crippen LogP contribution in [0.25, 0.3) is 0 Å². The van der Waals surface area contributed by atoms with Gasteiger partial charge in [0.25, 0.3) is 0 Å². The maximum Gasteiger partial charge on any atom is 0.310 e. The van der Waals surface area contributed by atoms with Gasteiger partial charge in [0.1, 0.15) is 5.75 Å². The average molecular weight is 277 g/mol. The number of nitrogens with zero attached hydrogens (tertiary/aromatic N) is 1. The van der Waals surface area contributed by atoms with Crippen LogP contribution in [0.15, 0.2) is 24.3 Å². The lowest BCUT2D eigenvalue weighted by atomic mass is 9.82. The van der Waals surface area contributed by atoms with E-state index in [0.29, 0.717) is 13.0 Å². The lowest BCUT2D eigenvalue weighted by Crippen LogP contribution is -2.35. The van der Waals surface area contributed by atoms with Crippen molar-refractivity contribution in [2.24, 2.45) is 5.41 Å². The third kappa shape index (κ3) is 2.80. The van der Waals surface area contributed by atoms with Crippen molar-refractivity contribution in [3.63, 3.8) is 0 Å². The summed E-state index contributed by atoms with van der Waals surface area (Å²) in [5.74, 6) is -0.420. The van der Waals surface area contributed by atoms with Crippen LogP contribution in [0.5, 0.6) is 5.75 Å². The first-order valence-corrected chi connectivity index (χ1v) is 7.25. The van der Waals surface area contributed by atoms with Crippen LogP contribution in [0, 0.1) is 5.41 Å². The standard InChI is InChI=1S/C16H23NO3/c1-3-7-16(15(19)20)8-9-17(11-16)12(2)13-5-4-6-14(18)10-13/h4-6,10,12,18H,3,7-9,11H2,1-2H3,(H,19,20). The number of phenolic OH excluding ortho intramolecular Hbond substituents is 1. The second-order valence-electron chi connectivity index (χ2n) is 5.83. The predicted octanol–water partition coefficient (Wildman–Crippen LogP) is 3.03. The Morgan fingerprint density at radius 2 is 2.25 bits per heavy atom. The van der Waals surface area contributed by atoms with Crippen molar-refractivity contribution in [2.75, 3.05) is 13.1 Å². The number of carboxylic acids is 1. The fourth-order valence-electron chi connectivity index (χ4n) is 3.19. The van der Waals surface area contributed by atoms with E-state index in [1.54, 1.807) is 12.1 Å². The van der Waals surface area contributed by atoms with E-state index in [4.69, 9.17) is 0 Å². The zero-order chi connectivity index (χ0) is 14.8. The first-order chi connectivity index (χ1) is 9.48. The third-order valence-electron chi connectivity index (χ3n) is 4.47. The molecule has 0 aromatic heterocycles. The summed E-state index contributed by atoms with van der Waals surface area (Å²) in [7, 11) is 0. The molecule has 4 nitrogen and oxygen atoms in total. The van der Waals surface area contributed by atoms with Crippen LogP contribution in [0.2, 0.25) is 0 Å². The van der Waals surface area contributed by atoms with Crippen molar-refractivity contribution in [2.45, 2.75) is 39.2 Å². The van der Waals surface area contributed by atoms with Crippen LogP contribution in [-0.2, 0) is 4.79 Å². The normalized spacial score (nSPS) is 24.7. The lowest BCUT2D eigenvalue weighted by molar-refractivity contribution is -0.148. The predicted molar refractivity (Wildman–Crippen MR) is 77.7 cm³/mol. The minimum Gasteiger partial charge on any atom is -0.508 e. The summed E-state index contributed by atoms with van der Waals surface area (Å²) in [6, 6.07) is 7.34. The number of benzene rings is 1. The molecule has 1 fully saturated rings. The van der Waals surface area contributed by atoms with E-state index >= 15 is 0 Å². The van der Waals surface area contributed by atoms with Crippen LogP contribution in [0.3, 0.4) is 0 Å². The highest BCUT2D eigenvalue weighted by Gasteiger charge is 2.45. The number of aliphatic carboxylic acids is 1. The molecular weight excluding hydrogens is 254 g/mol. The molecule has 1 aliphatic heterocycles. The SMILES string of the molecule is CCCC1(C(=O)O)CCN(C(C)c2cccc(O)c2)C1. The molecule has 1 aliphatic rings. The molecule has 0 radical (unpaired) electrons. The molecule has 4 heteroatoms. The first-order valence-electron chi connectivity index (χ1n) is 7.25. The monoisotopic (exact) mass is 277 g/mol. The summed E-state index contributed by atoms with van der Waals surface area (Å²) in [5, 5.41) is 19.1. The van der Waals surface area contributed by atoms with E-state index in [1.165, 1.54) is 0 Å². The molecule has 20 heavy (non-hydrogen) atoms. The summed E-state index contributed by atoms with van der Waals surface area (Å²) in [6.07, 6.45) is 2.32. The number of carboxylic acid groups (broad SMARTS) is 1. The van der Waals surface area contributed by atoms with Gasteiger partial charge in [-0.05, 0) is 44.0 Å². The molecule has 110 valence electrons. The van der Waals surface area contributed by atoms with Gasteiger partial charge in [0, 0.05) is 12.6 Å². The van der Waals surface area contributed by atoms with Crippen molar-refractivity contribution < 1.29 is 15.0 Å². The molecule has 0 bridgehead atoms. The first kappa shape index (κ1) is 14.9. The van der Waals surface area contributed by atoms with Gasteiger partial charge in [0.15, 0.2) is 0 Å². The minimum absolute atomic E-state index is 0.125. The van der Waals surface area contributed by atoms with Gasteiger partial charge < -0.3 is 10.2 Å². The van der Waals surface area contributed by atoms with Gasteiger partial charge in [0.2, 0.25) is 0 Å². The zero-order valence-corrected chi connectivity index (χ0v) is 12.2. The number of hydrogen-bond donors (Lipinski definition) is 2. The largest absolute Gasteiger partial charge is 0.508 e. The van der Waals surface area contributed by atoms with Crippen molar-refractivity contribution in [3.05, 3.63) is 29.8 Å². The van der Waals surface area contributed by atoms with Crippen molar-refractivity contribution >= 4 is 5.97 Å². The van der Waals surface area contributed by atoms with E-state index < -0.39 is 11.4 Å². The Labute approximate surface area is 120 Å². The minimum atomic E-state index is -0.676. The van der Waals surface area contributed by atoms with Crippen molar-refractivity contribution in [1.29, 1.82) is 0 Å². The van der Waals surface area contributed by atoms with Gasteiger partial charge in [-0.15, -0.1) is 0 Å². The molecule has 1 heterocycles. The molecule has 1 saturated heterocycles. The highest BCUT2D eigenvalue weighted by Crippen LogP contribution is 2.39. The van der Waals surface area contributed by atoms with Gasteiger partial charge >= 0.3 is 5.97 Å². The number of phenols is 1. The topological polar surface area (TPSA) is 60.8 Å². The molecule has 2 unspecified atom stereocenters. The molecule has 0 amide bonds. The zero-order valence-electron chi connectivity index (χ0n) is 12.2. The van der Waals surface area contributed by atoms with E-state index in [-0.39, 0.29) is 11.8 Å². The van der Waals surface area contributed by atoms with Gasteiger partial charge in [0.05, 0.1) is 5.41 Å². The second-order valence-corrected chi connectivity index (χ2v) is 5.83. The summed E-state index contributed by atoms with van der Waals surface area (Å²) >= 11 is 0. The quantitative estimate of drug-likeness (QED) is 0.868. The second kappa shape index (κ2) is 5.83. The number of rotatable bonds is 5. The van der Waals surface area contributed by atoms with E-state index in [9.17, 15) is 15.0 Å². The molecule has 1 aromatic carbocycles. The fourth-order valence-corrected chi connectivity index (χ4v) is 3.19. The number of likely N-dealkylation sites (tertiary alicyclic amines) is 1. The molecule has 0 saturated carbocycles. The molecular formula is C16H23NO3. The lowest BCUT2D eigenvalue weighted by Gasteiger charge is -2.28. The maximum absolute atomic E-state index is 11.6. The summed E-state index contributed by atoms with van der Waals surface area (Å²) in [4.78, 5) is 13.8. The van der Waals surface area contributed by atoms with Gasteiger partial charge in [-0.25, -0.2) is 0 Å². The Balaban J connectivity index is 2.14. The molecule has 0 aliphatic carbocycles. The van der Waals surface area contributed by atoms with Crippen molar-refractivity contribution in [1.82, 2.24) is 4.90 Å². The van der Waals surface area contributed by atoms with Gasteiger partial charge in [-0.2, -0.15) is 0 Å². The van der Waals surface area contributed by atoms with Crippen LogP contribution >= 0.6 is 0 Å². The summed E-state index contributed by atoms with van der Waals surface area (Å²) in [5.41, 5.74) is 0.433. The highest BCUT2D eigenvalue weighted by atomic mass is 16.4. The summed E-state index contributed by atoms with van der Waals surface area (Å²) in [6.45, 7) is 5.49. The highest BCUT2D eigenvalue weighted by molar-refractivity contribution is 5.75. The Bertz CT molecular complexity index is 488. The molecule has 2 N–H and O–H groups in total. The molecule has 0 spiro atoms. The van der Waals surface area contributed by atoms with Crippen LogP contribution < -0.4 is 0 Å². The summed E-state index contributed by atoms with van der Waals surface area (Å²) < 4.78 is 0. The Hall–Kier alpha value is -1.55. The number of aromatic hydroxyl groups is 1. The Kier molecular flexibility index (Phi) is 4.33. The average Bonchev–Trinajstić information content (AvgIpc) is 2.84. The third-order valence-corrected chi connectivity index (χ3v) is 4.47. The molecule has 1 aromatic rings. The van der Waals surface area contributed by atoms with E-state index in [0.717, 1.165) is 24.9 Å². The van der Waals surface area contributed by atoms with Gasteiger partial charge in [-0.3, -0.25) is 9.69 Å². The fraction of sp³-hybridized carbons (Fsp3) is 0.562. The molecule has 2 atom stereocenters.